The molecule has 2 saturated heterocycles. The lowest BCUT2D eigenvalue weighted by Crippen LogP contribution is -2.54. The summed E-state index contributed by atoms with van der Waals surface area (Å²) >= 11 is 0. The summed E-state index contributed by atoms with van der Waals surface area (Å²) in [4.78, 5) is 4.55. The molecule has 0 spiro atoms. The molecule has 1 aromatic heterocycles. The number of nitrogens with zero attached hydrogens (tertiary/aromatic N) is 2. The molecular formula is C32H39BrN4O3S. The van der Waals surface area contributed by atoms with Crippen LogP contribution in [0, 0.1) is 5.92 Å². The molecule has 218 valence electrons. The number of imidazole rings is 1. The summed E-state index contributed by atoms with van der Waals surface area (Å²) < 4.78 is 36.2. The predicted molar refractivity (Wildman–Crippen MR) is 168 cm³/mol. The van der Waals surface area contributed by atoms with E-state index in [-0.39, 0.29) is 35.1 Å². The van der Waals surface area contributed by atoms with Crippen molar-refractivity contribution < 1.29 is 13.2 Å². The van der Waals surface area contributed by atoms with E-state index in [0.717, 1.165) is 37.8 Å². The van der Waals surface area contributed by atoms with Gasteiger partial charge in [0.25, 0.3) is 0 Å². The van der Waals surface area contributed by atoms with E-state index in [0.29, 0.717) is 29.7 Å². The maximum atomic E-state index is 14.1. The molecule has 0 radical (unpaired) electrons. The van der Waals surface area contributed by atoms with E-state index in [1.807, 2.05) is 24.7 Å². The number of aromatic nitrogens is 2. The van der Waals surface area contributed by atoms with Gasteiger partial charge in [-0.3, -0.25) is 0 Å². The highest BCUT2D eigenvalue weighted by molar-refractivity contribution is 8.93. The minimum atomic E-state index is -3.59. The zero-order valence-electron chi connectivity index (χ0n) is 23.4. The second-order valence-corrected chi connectivity index (χ2v) is 13.3. The van der Waals surface area contributed by atoms with Gasteiger partial charge in [0, 0.05) is 43.6 Å². The van der Waals surface area contributed by atoms with E-state index in [2.05, 4.69) is 57.4 Å². The highest BCUT2D eigenvalue weighted by atomic mass is 79.9. The van der Waals surface area contributed by atoms with E-state index >= 15 is 0 Å². The summed E-state index contributed by atoms with van der Waals surface area (Å²) in [5.41, 5.74) is 1.15. The summed E-state index contributed by atoms with van der Waals surface area (Å²) in [6.07, 6.45) is 9.68. The van der Waals surface area contributed by atoms with E-state index in [9.17, 15) is 8.42 Å². The quantitative estimate of drug-likeness (QED) is 0.198. The Labute approximate surface area is 253 Å². The van der Waals surface area contributed by atoms with Gasteiger partial charge in [0.2, 0.25) is 0 Å². The second-order valence-electron chi connectivity index (χ2n) is 11.2. The van der Waals surface area contributed by atoms with Crippen LogP contribution in [0.25, 0.3) is 10.8 Å². The lowest BCUT2D eigenvalue weighted by Gasteiger charge is -2.35. The predicted octanol–water partition coefficient (Wildman–Crippen LogP) is 5.54. The largest absolute Gasteiger partial charge is 0.494 e. The van der Waals surface area contributed by atoms with Gasteiger partial charge in [0.15, 0.2) is 9.84 Å². The van der Waals surface area contributed by atoms with Crippen LogP contribution in [-0.2, 0) is 22.9 Å². The van der Waals surface area contributed by atoms with Crippen molar-refractivity contribution in [1.29, 1.82) is 0 Å². The van der Waals surface area contributed by atoms with Crippen LogP contribution in [-0.4, -0.2) is 48.0 Å². The number of hydrogen-bond donors (Lipinski definition) is 2. The minimum absolute atomic E-state index is 0. The first-order chi connectivity index (χ1) is 19.5. The van der Waals surface area contributed by atoms with Crippen molar-refractivity contribution in [2.45, 2.75) is 74.0 Å². The van der Waals surface area contributed by atoms with Gasteiger partial charge in [0.1, 0.15) is 5.75 Å². The number of benzene rings is 3. The fourth-order valence-corrected chi connectivity index (χ4v) is 8.62. The Balaban J connectivity index is 0.00000337. The van der Waals surface area contributed by atoms with Crippen LogP contribution < -0.4 is 15.4 Å². The monoisotopic (exact) mass is 638 g/mol. The van der Waals surface area contributed by atoms with Crippen LogP contribution >= 0.6 is 17.0 Å². The maximum Gasteiger partial charge on any atom is 0.184 e. The highest BCUT2D eigenvalue weighted by Crippen LogP contribution is 2.40. The third-order valence-electron chi connectivity index (χ3n) is 8.50. The molecule has 2 fully saturated rings. The molecule has 2 N–H and O–H groups in total. The molecule has 2 aliphatic rings. The minimum Gasteiger partial charge on any atom is -0.494 e. The zero-order chi connectivity index (χ0) is 27.5. The Bertz CT molecular complexity index is 1530. The number of fused-ring (bicyclic) bond motifs is 3. The van der Waals surface area contributed by atoms with Gasteiger partial charge in [-0.1, -0.05) is 56.2 Å². The Hall–Kier alpha value is -2.72. The Morgan fingerprint density at radius 3 is 2.61 bits per heavy atom. The van der Waals surface area contributed by atoms with E-state index < -0.39 is 15.1 Å². The fraction of sp³-hybridized carbons (Fsp3) is 0.406. The molecule has 41 heavy (non-hydrogen) atoms. The van der Waals surface area contributed by atoms with Gasteiger partial charge >= 0.3 is 0 Å². The summed E-state index contributed by atoms with van der Waals surface area (Å²) in [6.45, 7) is 4.23. The molecule has 4 aromatic rings. The molecule has 0 saturated carbocycles. The molecule has 7 nitrogen and oxygen atoms in total. The molecule has 0 unspecified atom stereocenters. The third kappa shape index (κ3) is 6.38. The van der Waals surface area contributed by atoms with Gasteiger partial charge in [-0.25, -0.2) is 13.4 Å². The molecule has 3 aromatic carbocycles. The van der Waals surface area contributed by atoms with Crippen molar-refractivity contribution in [3.05, 3.63) is 91.0 Å². The SMILES string of the molecule is Br.CCCCCOc1ccc(S(=O)(=O)[C@H]2[C@H](NCc3ccc4ccccc4c3)[C@@H]3N[C@H]2C[C@H]3Cn2ccnc2)cc1. The van der Waals surface area contributed by atoms with Crippen molar-refractivity contribution >= 4 is 37.6 Å². The summed E-state index contributed by atoms with van der Waals surface area (Å²) in [7, 11) is -3.59. The fourth-order valence-electron chi connectivity index (χ4n) is 6.52. The molecule has 2 bridgehead atoms. The first kappa shape index (κ1) is 29.8. The van der Waals surface area contributed by atoms with Gasteiger partial charge in [-0.2, -0.15) is 0 Å². The van der Waals surface area contributed by atoms with Crippen molar-refractivity contribution in [3.63, 3.8) is 0 Å². The van der Waals surface area contributed by atoms with Crippen molar-refractivity contribution in [1.82, 2.24) is 20.2 Å². The van der Waals surface area contributed by atoms with Crippen LogP contribution in [0.1, 0.15) is 38.2 Å². The molecular weight excluding hydrogens is 600 g/mol. The second kappa shape index (κ2) is 13.1. The molecule has 5 atom stereocenters. The first-order valence-corrected chi connectivity index (χ1v) is 16.0. The molecule has 3 heterocycles. The summed E-state index contributed by atoms with van der Waals surface area (Å²) in [5, 5.41) is 9.21. The van der Waals surface area contributed by atoms with Gasteiger partial charge in [0.05, 0.1) is 23.1 Å². The van der Waals surface area contributed by atoms with Crippen LogP contribution in [0.3, 0.4) is 0 Å². The normalized spacial score (nSPS) is 23.5. The molecule has 0 amide bonds. The first-order valence-electron chi connectivity index (χ1n) is 14.4. The maximum absolute atomic E-state index is 14.1. The van der Waals surface area contributed by atoms with Crippen molar-refractivity contribution in [2.75, 3.05) is 6.61 Å². The van der Waals surface area contributed by atoms with Crippen LogP contribution in [0.4, 0.5) is 0 Å². The number of hydrogen-bond acceptors (Lipinski definition) is 6. The standard InChI is InChI=1S/C32H38N4O3S.BrH/c1-2-3-6-17-39-27-11-13-28(14-12-27)40(37,38)32-29-19-26(21-36-16-15-33-22-36)30(35-29)31(32)34-20-23-9-10-24-7-4-5-8-25(24)18-23;/h4-5,7-16,18,22,26,29-32,34-35H,2-3,6,17,19-21H2,1H3;1H/t26-,29-,30+,31+,32+;/m0./s1. The lowest BCUT2D eigenvalue weighted by molar-refractivity contribution is 0.294. The number of rotatable bonds is 12. The van der Waals surface area contributed by atoms with Gasteiger partial charge in [-0.15, -0.1) is 17.0 Å². The van der Waals surface area contributed by atoms with Crippen molar-refractivity contribution in [2.24, 2.45) is 5.92 Å². The van der Waals surface area contributed by atoms with E-state index in [4.69, 9.17) is 4.74 Å². The molecule has 0 aliphatic carbocycles. The molecule has 2 aliphatic heterocycles. The van der Waals surface area contributed by atoms with Crippen LogP contribution in [0.15, 0.2) is 90.3 Å². The van der Waals surface area contributed by atoms with Gasteiger partial charge in [-0.05, 0) is 65.4 Å². The number of sulfone groups is 1. The average Bonchev–Trinajstić information content (AvgIpc) is 3.72. The van der Waals surface area contributed by atoms with Crippen molar-refractivity contribution in [3.8, 4) is 5.75 Å². The summed E-state index contributed by atoms with van der Waals surface area (Å²) in [5.74, 6) is 1.03. The lowest BCUT2D eigenvalue weighted by atomic mass is 9.85. The average molecular weight is 640 g/mol. The number of ether oxygens (including phenoxy) is 1. The number of halogens is 1. The topological polar surface area (TPSA) is 85.3 Å². The Morgan fingerprint density at radius 2 is 1.85 bits per heavy atom. The number of nitrogens with one attached hydrogen (secondary N) is 2. The van der Waals surface area contributed by atoms with Crippen LogP contribution in [0.5, 0.6) is 5.75 Å². The molecule has 6 rings (SSSR count). The van der Waals surface area contributed by atoms with Gasteiger partial charge < -0.3 is 19.9 Å². The number of unbranched alkanes of at least 4 members (excludes halogenated alkanes) is 2. The zero-order valence-corrected chi connectivity index (χ0v) is 25.9. The molecule has 9 heteroatoms. The Morgan fingerprint density at radius 1 is 1.05 bits per heavy atom. The third-order valence-corrected chi connectivity index (χ3v) is 10.8. The van der Waals surface area contributed by atoms with Crippen LogP contribution in [0.2, 0.25) is 0 Å². The highest BCUT2D eigenvalue weighted by Gasteiger charge is 2.57. The van der Waals surface area contributed by atoms with E-state index in [1.54, 1.807) is 30.5 Å². The van der Waals surface area contributed by atoms with E-state index in [1.165, 1.54) is 10.8 Å². The Kier molecular flexibility index (Phi) is 9.49. The summed E-state index contributed by atoms with van der Waals surface area (Å²) in [6, 6.07) is 21.5. The smallest absolute Gasteiger partial charge is 0.184 e.